The minimum absolute atomic E-state index is 0.00737. The van der Waals surface area contributed by atoms with Crippen LogP contribution in [-0.4, -0.2) is 180 Å². The predicted octanol–water partition coefficient (Wildman–Crippen LogP) is 11.9. The summed E-state index contributed by atoms with van der Waals surface area (Å²) in [6, 6.07) is 23.4. The van der Waals surface area contributed by atoms with Gasteiger partial charge in [0.15, 0.2) is 11.6 Å². The number of nitrogens with zero attached hydrogens (tertiary/aromatic N) is 9. The number of Topliss-reactive ketones (excluding diaryl/α,β-unsaturated/α-hetero) is 4. The van der Waals surface area contributed by atoms with Crippen LogP contribution in [0.3, 0.4) is 0 Å². The highest BCUT2D eigenvalue weighted by Crippen LogP contribution is 2.21. The standard InChI is InChI=1S/2C15H19BrN2O5.2C15H18N4O5.C14H18N2O6/c2*1-15(2,3)23-14(20)17-12(13(19)9-16)8-10-4-6-11(7-5-10)18(21)22;2*1-15(2,3)24-14(21)18-12(13(20)9-17-16)8-10-4-6-11(7-5-10)19(22)23;1-14(2,3)22-13(19)15-11(12(17)18)8-9-4-6-10(7-5-9)16(20)21/h2*4-7,12H,8-9H2,1-3H3,(H,17,20);2*4-7,9,12H,8H2,1-3H3,(H,18,21);4-7,11H,8H2,1-3H3,(H,15,19)(H,17,18)/t4*12-;11-/m00000/s1. The summed E-state index contributed by atoms with van der Waals surface area (Å²) in [6.07, 6.45) is -1.89. The van der Waals surface area contributed by atoms with Gasteiger partial charge in [0.25, 0.3) is 40.0 Å². The third-order valence-electron chi connectivity index (χ3n) is 13.8. The first-order valence-electron chi connectivity index (χ1n) is 34.5. The van der Waals surface area contributed by atoms with Crippen LogP contribution in [0.2, 0.25) is 0 Å². The van der Waals surface area contributed by atoms with Crippen molar-refractivity contribution < 1.29 is 111 Å². The summed E-state index contributed by atoms with van der Waals surface area (Å²) in [6.45, 7) is 25.4. The molecule has 5 rings (SSSR count). The van der Waals surface area contributed by atoms with Crippen molar-refractivity contribution in [2.75, 3.05) is 10.7 Å². The van der Waals surface area contributed by atoms with Crippen molar-refractivity contribution in [3.8, 4) is 0 Å². The summed E-state index contributed by atoms with van der Waals surface area (Å²) in [5.41, 5.74) is 16.3. The summed E-state index contributed by atoms with van der Waals surface area (Å²) >= 11 is 6.16. The van der Waals surface area contributed by atoms with Crippen LogP contribution in [0.15, 0.2) is 121 Å². The molecule has 0 aromatic heterocycles. The van der Waals surface area contributed by atoms with E-state index < -0.39 is 131 Å². The van der Waals surface area contributed by atoms with Gasteiger partial charge >= 0.3 is 48.9 Å². The Kier molecular flexibility index (Phi) is 41.7. The molecule has 116 heavy (non-hydrogen) atoms. The molecule has 0 heterocycles. The molecule has 0 fully saturated rings. The predicted molar refractivity (Wildman–Crippen MR) is 424 cm³/mol. The van der Waals surface area contributed by atoms with Crippen LogP contribution in [0.4, 0.5) is 52.4 Å². The van der Waals surface area contributed by atoms with Gasteiger partial charge in [0.05, 0.1) is 47.4 Å². The first kappa shape index (κ1) is 101. The fourth-order valence-electron chi connectivity index (χ4n) is 8.81. The summed E-state index contributed by atoms with van der Waals surface area (Å²) in [5, 5.41) is 74.6. The number of carbonyl (C=O) groups excluding carboxylic acids is 9. The smallest absolute Gasteiger partial charge is 0.408 e. The Hall–Kier alpha value is -12.7. The largest absolute Gasteiger partial charge is 0.480 e. The molecule has 628 valence electrons. The minimum Gasteiger partial charge on any atom is -0.480 e. The Morgan fingerprint density at radius 1 is 0.345 bits per heavy atom. The van der Waals surface area contributed by atoms with Crippen molar-refractivity contribution >= 4 is 132 Å². The fourth-order valence-corrected chi connectivity index (χ4v) is 9.59. The minimum atomic E-state index is -1.22. The second-order valence-corrected chi connectivity index (χ2v) is 30.6. The van der Waals surface area contributed by atoms with Gasteiger partial charge in [-0.2, -0.15) is 9.58 Å². The van der Waals surface area contributed by atoms with E-state index in [2.05, 4.69) is 68.0 Å². The number of carboxylic acids is 1. The van der Waals surface area contributed by atoms with Gasteiger partial charge in [0.2, 0.25) is 0 Å². The van der Waals surface area contributed by atoms with Crippen LogP contribution in [0.1, 0.15) is 132 Å². The topological polar surface area (TPSA) is 586 Å². The molecule has 0 bridgehead atoms. The van der Waals surface area contributed by atoms with Crippen molar-refractivity contribution in [1.29, 1.82) is 0 Å². The van der Waals surface area contributed by atoms with Crippen molar-refractivity contribution in [2.45, 2.75) is 194 Å². The van der Waals surface area contributed by atoms with Crippen LogP contribution in [0.5, 0.6) is 0 Å². The van der Waals surface area contributed by atoms with Gasteiger partial charge in [0, 0.05) is 79.9 Å². The van der Waals surface area contributed by atoms with Gasteiger partial charge in [-0.15, -0.1) is 0 Å². The van der Waals surface area contributed by atoms with Gasteiger partial charge in [0.1, 0.15) is 46.1 Å². The Labute approximate surface area is 682 Å². The van der Waals surface area contributed by atoms with E-state index in [1.165, 1.54) is 97.1 Å². The number of alkyl halides is 2. The van der Waals surface area contributed by atoms with E-state index in [0.29, 0.717) is 40.2 Å². The lowest BCUT2D eigenvalue weighted by Crippen LogP contribution is -2.45. The van der Waals surface area contributed by atoms with Crippen molar-refractivity contribution in [1.82, 2.24) is 26.6 Å². The van der Waals surface area contributed by atoms with E-state index in [-0.39, 0.29) is 82.8 Å². The lowest BCUT2D eigenvalue weighted by atomic mass is 10.0. The van der Waals surface area contributed by atoms with Gasteiger partial charge < -0.3 is 66.4 Å². The second kappa shape index (κ2) is 47.7. The van der Waals surface area contributed by atoms with Gasteiger partial charge in [-0.05, 0) is 145 Å². The summed E-state index contributed by atoms with van der Waals surface area (Å²) < 4.78 is 25.5. The van der Waals surface area contributed by atoms with Crippen LogP contribution in [-0.2, 0) is 79.8 Å². The molecule has 5 aromatic carbocycles. The number of nitro benzene ring substituents is 5. The number of nitro groups is 5. The number of ether oxygens (including phenoxy) is 5. The number of ketones is 4. The molecule has 0 unspecified atom stereocenters. The SMILES string of the molecule is CC(C)(C)OC(=O)N[C@@H](Cc1ccc([N+](=O)[O-])cc1)C(=O)C=[N+]=[N-].CC(C)(C)OC(=O)N[C@@H](Cc1ccc([N+](=O)[O-])cc1)C(=O)C=[N+]=[N-].CC(C)(C)OC(=O)N[C@@H](Cc1ccc([N+](=O)[O-])cc1)C(=O)CBr.CC(C)(C)OC(=O)N[C@@H](Cc1ccc([N+](=O)[O-])cc1)C(=O)CBr.CC(C)(C)OC(=O)N[C@@H](Cc1ccc([N+](=O)[O-])cc1)C(=O)O. The number of nitrogens with one attached hydrogen (secondary N) is 5. The van der Waals surface area contributed by atoms with Crippen LogP contribution < -0.4 is 26.6 Å². The van der Waals surface area contributed by atoms with Gasteiger partial charge in [-0.3, -0.25) is 69.7 Å². The lowest BCUT2D eigenvalue weighted by molar-refractivity contribution is -0.385. The highest BCUT2D eigenvalue weighted by Gasteiger charge is 2.31. The van der Waals surface area contributed by atoms with Crippen molar-refractivity contribution in [2.24, 2.45) is 0 Å². The molecule has 0 aliphatic rings. The Morgan fingerprint density at radius 3 is 0.664 bits per heavy atom. The quantitative estimate of drug-likeness (QED) is 0.00492. The third-order valence-corrected chi connectivity index (χ3v) is 14.9. The number of halogens is 2. The van der Waals surface area contributed by atoms with E-state index in [0.717, 1.165) is 0 Å². The number of non-ortho nitro benzene ring substituents is 5. The number of carboxylic acid groups (broad SMARTS) is 1. The van der Waals surface area contributed by atoms with E-state index in [4.69, 9.17) is 39.9 Å². The first-order valence-corrected chi connectivity index (χ1v) is 36.8. The fraction of sp³-hybridized carbons (Fsp3) is 0.432. The molecule has 42 heteroatoms. The van der Waals surface area contributed by atoms with Crippen LogP contribution in [0.25, 0.3) is 11.1 Å². The zero-order valence-electron chi connectivity index (χ0n) is 66.0. The molecule has 0 aliphatic carbocycles. The number of aliphatic carboxylic acids is 1. The van der Waals surface area contributed by atoms with E-state index >= 15 is 0 Å². The normalized spacial score (nSPS) is 12.1. The number of carbonyl (C=O) groups is 10. The number of alkyl carbamates (subject to hydrolysis) is 5. The maximum Gasteiger partial charge on any atom is 0.408 e. The molecular weight excluding hydrogens is 1660 g/mol. The van der Waals surface area contributed by atoms with Crippen LogP contribution in [0, 0.1) is 50.6 Å². The Morgan fingerprint density at radius 2 is 0.509 bits per heavy atom. The van der Waals surface area contributed by atoms with Gasteiger partial charge in [-0.1, -0.05) is 92.5 Å². The molecule has 0 radical (unpaired) electrons. The zero-order chi connectivity index (χ0) is 88.8. The third kappa shape index (κ3) is 43.9. The Bertz CT molecular complexity index is 4130. The second-order valence-electron chi connectivity index (χ2n) is 29.5. The number of hydrogen-bond acceptors (Lipinski definition) is 25. The Balaban J connectivity index is 0.000000725. The molecule has 0 spiro atoms. The molecule has 5 aromatic rings. The van der Waals surface area contributed by atoms with Gasteiger partial charge in [-0.25, -0.2) is 28.8 Å². The number of rotatable bonds is 29. The molecule has 0 saturated carbocycles. The molecule has 5 amide bonds. The van der Waals surface area contributed by atoms with E-state index in [1.807, 2.05) is 0 Å². The average molecular weight is 1750 g/mol. The molecule has 40 nitrogen and oxygen atoms in total. The summed E-state index contributed by atoms with van der Waals surface area (Å²) in [7, 11) is 0. The van der Waals surface area contributed by atoms with E-state index in [9.17, 15) is 98.5 Å². The summed E-state index contributed by atoms with van der Waals surface area (Å²) in [5.74, 6) is -2.92. The average Bonchev–Trinajstić information content (AvgIpc) is 0.890. The highest BCUT2D eigenvalue weighted by atomic mass is 79.9. The van der Waals surface area contributed by atoms with E-state index in [1.54, 1.807) is 128 Å². The van der Waals surface area contributed by atoms with Crippen molar-refractivity contribution in [3.05, 3.63) is 211 Å². The molecular formula is C74H92Br2N14O26. The summed E-state index contributed by atoms with van der Waals surface area (Å²) in [4.78, 5) is 174. The number of benzene rings is 5. The first-order chi connectivity index (χ1) is 53.6. The monoisotopic (exact) mass is 1750 g/mol. The maximum absolute atomic E-state index is 12.0. The highest BCUT2D eigenvalue weighted by molar-refractivity contribution is 9.09. The molecule has 0 aliphatic heterocycles. The molecule has 5 atom stereocenters. The lowest BCUT2D eigenvalue weighted by Gasteiger charge is -2.23. The maximum atomic E-state index is 12.0. The molecule has 6 N–H and O–H groups in total. The van der Waals surface area contributed by atoms with Crippen molar-refractivity contribution in [3.63, 3.8) is 0 Å². The zero-order valence-corrected chi connectivity index (χ0v) is 69.1. The van der Waals surface area contributed by atoms with Crippen LogP contribution >= 0.6 is 31.9 Å². The number of hydrogen-bond donors (Lipinski definition) is 6. The number of amides is 5. The molecule has 0 saturated heterocycles.